The van der Waals surface area contributed by atoms with Crippen LogP contribution in [0.2, 0.25) is 5.02 Å². The maximum absolute atomic E-state index is 13.7. The highest BCUT2D eigenvalue weighted by atomic mass is 35.5. The Balaban J connectivity index is 1.24. The van der Waals surface area contributed by atoms with E-state index in [2.05, 4.69) is 15.0 Å². The highest BCUT2D eigenvalue weighted by Gasteiger charge is 2.38. The molecule has 1 unspecified atom stereocenters. The molecule has 0 aliphatic carbocycles. The minimum Gasteiger partial charge on any atom is -0.618 e. The SMILES string of the molecule is O=C1OCCN1CCC1CN(S(=O)(=O)c2cc3cc(Cl)ccc3[nH]2)CCN1C(=O)c1ncc(-c2cccc[n+]2[O-])cn1. The zero-order valence-electron chi connectivity index (χ0n) is 22.2. The summed E-state index contributed by atoms with van der Waals surface area (Å²) in [7, 11) is -3.94. The molecular weight excluding hydrogens is 586 g/mol. The highest BCUT2D eigenvalue weighted by Crippen LogP contribution is 2.27. The molecule has 2 saturated heterocycles. The molecule has 13 nitrogen and oxygen atoms in total. The summed E-state index contributed by atoms with van der Waals surface area (Å²) < 4.78 is 34.4. The number of hydrogen-bond acceptors (Lipinski definition) is 8. The molecule has 5 heterocycles. The normalized spacial score (nSPS) is 18.0. The quantitative estimate of drug-likeness (QED) is 0.246. The number of hydrogen-bond donors (Lipinski definition) is 1. The van der Waals surface area contributed by atoms with Crippen LogP contribution in [-0.2, 0) is 14.8 Å². The van der Waals surface area contributed by atoms with Crippen molar-refractivity contribution in [1.82, 2.24) is 29.1 Å². The molecule has 6 rings (SSSR count). The van der Waals surface area contributed by atoms with Gasteiger partial charge in [0.1, 0.15) is 11.6 Å². The average Bonchev–Trinajstić information content (AvgIpc) is 3.61. The average molecular weight is 612 g/mol. The van der Waals surface area contributed by atoms with Gasteiger partial charge in [-0.2, -0.15) is 9.04 Å². The maximum atomic E-state index is 13.7. The van der Waals surface area contributed by atoms with Gasteiger partial charge in [0, 0.05) is 72.7 Å². The van der Waals surface area contributed by atoms with Crippen molar-refractivity contribution in [2.75, 3.05) is 39.3 Å². The van der Waals surface area contributed by atoms with Crippen molar-refractivity contribution < 1.29 is 27.5 Å². The third-order valence-electron chi connectivity index (χ3n) is 7.42. The van der Waals surface area contributed by atoms with Crippen molar-refractivity contribution in [1.29, 1.82) is 0 Å². The van der Waals surface area contributed by atoms with Crippen molar-refractivity contribution >= 4 is 44.5 Å². The molecule has 3 aromatic heterocycles. The van der Waals surface area contributed by atoms with Crippen LogP contribution >= 0.6 is 11.6 Å². The molecule has 2 fully saturated rings. The summed E-state index contributed by atoms with van der Waals surface area (Å²) >= 11 is 6.08. The van der Waals surface area contributed by atoms with Crippen LogP contribution in [-0.4, -0.2) is 94.8 Å². The summed E-state index contributed by atoms with van der Waals surface area (Å²) in [6.07, 6.45) is 4.03. The molecule has 2 amide bonds. The van der Waals surface area contributed by atoms with E-state index in [0.717, 1.165) is 0 Å². The van der Waals surface area contributed by atoms with E-state index >= 15 is 0 Å². The van der Waals surface area contributed by atoms with E-state index in [4.69, 9.17) is 16.3 Å². The number of benzene rings is 1. The lowest BCUT2D eigenvalue weighted by Crippen LogP contribution is -2.57. The van der Waals surface area contributed by atoms with Gasteiger partial charge in [-0.25, -0.2) is 23.2 Å². The van der Waals surface area contributed by atoms with Crippen LogP contribution in [0.4, 0.5) is 4.79 Å². The monoisotopic (exact) mass is 611 g/mol. The Morgan fingerprint density at radius 3 is 2.69 bits per heavy atom. The Morgan fingerprint density at radius 1 is 1.14 bits per heavy atom. The molecule has 1 aromatic carbocycles. The number of halogens is 1. The largest absolute Gasteiger partial charge is 0.618 e. The molecule has 0 spiro atoms. The van der Waals surface area contributed by atoms with E-state index in [1.807, 2.05) is 0 Å². The lowest BCUT2D eigenvalue weighted by Gasteiger charge is -2.40. The molecule has 15 heteroatoms. The van der Waals surface area contributed by atoms with Crippen molar-refractivity contribution in [2.45, 2.75) is 17.5 Å². The fraction of sp³-hybridized carbons (Fsp3) is 0.296. The second kappa shape index (κ2) is 11.2. The summed E-state index contributed by atoms with van der Waals surface area (Å²) in [4.78, 5) is 40.1. The summed E-state index contributed by atoms with van der Waals surface area (Å²) in [5.41, 5.74) is 1.42. The van der Waals surface area contributed by atoms with E-state index in [9.17, 15) is 23.2 Å². The number of nitrogens with one attached hydrogen (secondary N) is 1. The third-order valence-corrected chi connectivity index (χ3v) is 9.44. The summed E-state index contributed by atoms with van der Waals surface area (Å²) in [5, 5.41) is 13.3. The number of amides is 2. The topological polar surface area (TPSA) is 156 Å². The number of pyridine rings is 1. The Morgan fingerprint density at radius 2 is 1.95 bits per heavy atom. The minimum atomic E-state index is -3.94. The second-order valence-corrected chi connectivity index (χ2v) is 12.3. The Hall–Kier alpha value is -4.27. The van der Waals surface area contributed by atoms with Crippen LogP contribution < -0.4 is 4.73 Å². The number of carbonyl (C=O) groups excluding carboxylic acids is 2. The molecule has 4 aromatic rings. The van der Waals surface area contributed by atoms with Gasteiger partial charge in [0.25, 0.3) is 15.9 Å². The van der Waals surface area contributed by atoms with Gasteiger partial charge in [0.05, 0.1) is 12.1 Å². The van der Waals surface area contributed by atoms with E-state index < -0.39 is 28.1 Å². The van der Waals surface area contributed by atoms with Gasteiger partial charge in [-0.05, 0) is 36.8 Å². The van der Waals surface area contributed by atoms with Gasteiger partial charge in [-0.3, -0.25) is 4.79 Å². The lowest BCUT2D eigenvalue weighted by atomic mass is 10.1. The molecule has 0 saturated carbocycles. The van der Waals surface area contributed by atoms with Gasteiger partial charge < -0.3 is 24.7 Å². The lowest BCUT2D eigenvalue weighted by molar-refractivity contribution is -0.593. The number of ether oxygens (including phenoxy) is 1. The van der Waals surface area contributed by atoms with Crippen molar-refractivity contribution in [2.24, 2.45) is 0 Å². The van der Waals surface area contributed by atoms with Crippen LogP contribution in [0.3, 0.4) is 0 Å². The van der Waals surface area contributed by atoms with Crippen LogP contribution in [0.1, 0.15) is 17.0 Å². The fourth-order valence-electron chi connectivity index (χ4n) is 5.20. The van der Waals surface area contributed by atoms with Gasteiger partial charge in [0.2, 0.25) is 11.5 Å². The molecule has 2 aliphatic rings. The van der Waals surface area contributed by atoms with Gasteiger partial charge in [-0.15, -0.1) is 0 Å². The van der Waals surface area contributed by atoms with Gasteiger partial charge in [0.15, 0.2) is 6.20 Å². The number of cyclic esters (lactones) is 1. The summed E-state index contributed by atoms with van der Waals surface area (Å²) in [6.45, 7) is 1.12. The first-order valence-corrected chi connectivity index (χ1v) is 15.0. The highest BCUT2D eigenvalue weighted by molar-refractivity contribution is 7.89. The van der Waals surface area contributed by atoms with E-state index in [1.165, 1.54) is 33.9 Å². The predicted molar refractivity (Wildman–Crippen MR) is 151 cm³/mol. The molecule has 0 bridgehead atoms. The van der Waals surface area contributed by atoms with Crippen LogP contribution in [0.25, 0.3) is 22.2 Å². The first-order valence-electron chi connectivity index (χ1n) is 13.2. The van der Waals surface area contributed by atoms with E-state index in [0.29, 0.717) is 44.9 Å². The van der Waals surface area contributed by atoms with E-state index in [1.54, 1.807) is 41.3 Å². The molecular formula is C27H26ClN7O6S. The zero-order chi connectivity index (χ0) is 29.4. The number of aromatic amines is 1. The molecule has 42 heavy (non-hydrogen) atoms. The van der Waals surface area contributed by atoms with Crippen molar-refractivity contribution in [3.8, 4) is 11.3 Å². The number of rotatable bonds is 7. The summed E-state index contributed by atoms with van der Waals surface area (Å²) in [5.74, 6) is -0.558. The van der Waals surface area contributed by atoms with Crippen molar-refractivity contribution in [3.63, 3.8) is 0 Å². The molecule has 0 radical (unpaired) electrons. The van der Waals surface area contributed by atoms with Gasteiger partial charge in [-0.1, -0.05) is 11.6 Å². The first kappa shape index (κ1) is 27.9. The zero-order valence-corrected chi connectivity index (χ0v) is 23.8. The molecule has 218 valence electrons. The molecule has 2 aliphatic heterocycles. The summed E-state index contributed by atoms with van der Waals surface area (Å²) in [6, 6.07) is 11.0. The fourth-order valence-corrected chi connectivity index (χ4v) is 6.86. The molecule has 1 atom stereocenters. The molecule has 1 N–H and O–H groups in total. The van der Waals surface area contributed by atoms with Crippen LogP contribution in [0, 0.1) is 5.21 Å². The van der Waals surface area contributed by atoms with Crippen LogP contribution in [0.5, 0.6) is 0 Å². The maximum Gasteiger partial charge on any atom is 0.409 e. The number of carbonyl (C=O) groups is 2. The third kappa shape index (κ3) is 5.35. The second-order valence-electron chi connectivity index (χ2n) is 9.98. The standard InChI is InChI=1S/C27H26ClN7O6S/c28-20-4-5-22-18(13-20)14-24(31-22)42(39,40)33-9-10-34(21(17-33)6-8-32-11-12-41-27(32)37)26(36)25-29-15-19(16-30-25)23-3-1-2-7-35(23)38/h1-5,7,13-16,21,31H,6,8-12,17H2. The number of H-pyrrole nitrogens is 1. The Bertz CT molecular complexity index is 1760. The smallest absolute Gasteiger partial charge is 0.409 e. The Labute approximate surface area is 245 Å². The number of fused-ring (bicyclic) bond motifs is 1. The number of piperazine rings is 1. The first-order chi connectivity index (χ1) is 20.2. The number of nitrogens with zero attached hydrogens (tertiary/aromatic N) is 6. The Kier molecular flexibility index (Phi) is 7.43. The van der Waals surface area contributed by atoms with E-state index in [-0.39, 0.29) is 43.6 Å². The number of aromatic nitrogens is 4. The van der Waals surface area contributed by atoms with Gasteiger partial charge >= 0.3 is 6.09 Å². The van der Waals surface area contributed by atoms with Crippen molar-refractivity contribution in [3.05, 3.63) is 77.1 Å². The van der Waals surface area contributed by atoms with Crippen LogP contribution in [0.15, 0.2) is 66.1 Å². The predicted octanol–water partition coefficient (Wildman–Crippen LogP) is 2.27. The minimum absolute atomic E-state index is 0.00532. The number of sulfonamides is 1.